The van der Waals surface area contributed by atoms with E-state index in [1.54, 1.807) is 0 Å². The fourth-order valence-corrected chi connectivity index (χ4v) is 7.66. The first kappa shape index (κ1) is 26.8. The minimum absolute atomic E-state index is 0.825. The van der Waals surface area contributed by atoms with Crippen LogP contribution in [-0.4, -0.2) is 0 Å². The summed E-state index contributed by atoms with van der Waals surface area (Å²) in [5, 5.41) is 7.92. The van der Waals surface area contributed by atoms with Gasteiger partial charge in [0.2, 0.25) is 0 Å². The fraction of sp³-hybridized carbons (Fsp3) is 0. The molecule has 224 valence electrons. The highest BCUT2D eigenvalue weighted by molar-refractivity contribution is 6.28. The molecule has 10 rings (SSSR count). The quantitative estimate of drug-likeness (QED) is 0.185. The Labute approximate surface area is 277 Å². The highest BCUT2D eigenvalue weighted by Gasteiger charge is 2.26. The van der Waals surface area contributed by atoms with E-state index >= 15 is 0 Å². The number of furan rings is 2. The first-order valence-electron chi connectivity index (χ1n) is 16.4. The normalized spacial score (nSPS) is 11.8. The second-order valence-electron chi connectivity index (χ2n) is 12.3. The van der Waals surface area contributed by atoms with Gasteiger partial charge in [0.25, 0.3) is 0 Å². The number of rotatable bonds is 4. The molecule has 0 bridgehead atoms. The lowest BCUT2D eigenvalue weighted by molar-refractivity contribution is 0.634. The van der Waals surface area contributed by atoms with Crippen molar-refractivity contribution >= 4 is 54.5 Å². The van der Waals surface area contributed by atoms with Crippen molar-refractivity contribution in [3.63, 3.8) is 0 Å². The van der Waals surface area contributed by atoms with Gasteiger partial charge in [-0.3, -0.25) is 0 Å². The van der Waals surface area contributed by atoms with Crippen molar-refractivity contribution in [3.8, 4) is 44.7 Å². The summed E-state index contributed by atoms with van der Waals surface area (Å²) in [6, 6.07) is 60.2. The molecule has 2 nitrogen and oxygen atoms in total. The van der Waals surface area contributed by atoms with Gasteiger partial charge >= 0.3 is 0 Å². The van der Waals surface area contributed by atoms with E-state index in [-0.39, 0.29) is 0 Å². The maximum absolute atomic E-state index is 7.05. The lowest BCUT2D eigenvalue weighted by atomic mass is 9.83. The average molecular weight is 613 g/mol. The number of fused-ring (bicyclic) bond motifs is 7. The van der Waals surface area contributed by atoms with Crippen LogP contribution in [0.2, 0.25) is 0 Å². The predicted molar refractivity (Wildman–Crippen MR) is 200 cm³/mol. The summed E-state index contributed by atoms with van der Waals surface area (Å²) in [7, 11) is 0. The van der Waals surface area contributed by atoms with Gasteiger partial charge in [-0.25, -0.2) is 0 Å². The number of hydrogen-bond donors (Lipinski definition) is 0. The van der Waals surface area contributed by atoms with Gasteiger partial charge in [-0.05, 0) is 62.0 Å². The average Bonchev–Trinajstić information content (AvgIpc) is 3.73. The highest BCUT2D eigenvalue weighted by atomic mass is 16.3. The van der Waals surface area contributed by atoms with E-state index < -0.39 is 0 Å². The smallest absolute Gasteiger partial charge is 0.147 e. The van der Waals surface area contributed by atoms with Crippen LogP contribution in [0.3, 0.4) is 0 Å². The van der Waals surface area contributed by atoms with Gasteiger partial charge in [-0.15, -0.1) is 0 Å². The molecule has 0 aliphatic carbocycles. The van der Waals surface area contributed by atoms with E-state index in [1.807, 2.05) is 12.1 Å². The summed E-state index contributed by atoms with van der Waals surface area (Å²) in [6.45, 7) is 0. The van der Waals surface area contributed by atoms with Gasteiger partial charge in [-0.1, -0.05) is 152 Å². The molecule has 48 heavy (non-hydrogen) atoms. The van der Waals surface area contributed by atoms with E-state index in [2.05, 4.69) is 158 Å². The van der Waals surface area contributed by atoms with Crippen molar-refractivity contribution in [1.29, 1.82) is 0 Å². The highest BCUT2D eigenvalue weighted by Crippen LogP contribution is 2.52. The molecule has 0 saturated carbocycles. The summed E-state index contributed by atoms with van der Waals surface area (Å²) >= 11 is 0. The summed E-state index contributed by atoms with van der Waals surface area (Å²) < 4.78 is 13.4. The second kappa shape index (κ2) is 10.6. The third-order valence-corrected chi connectivity index (χ3v) is 9.69. The van der Waals surface area contributed by atoms with Gasteiger partial charge in [0, 0.05) is 27.5 Å². The Morgan fingerprint density at radius 2 is 0.812 bits per heavy atom. The molecule has 0 unspecified atom stereocenters. The van der Waals surface area contributed by atoms with Crippen LogP contribution in [0.1, 0.15) is 0 Å². The molecule has 0 radical (unpaired) electrons. The summed E-state index contributed by atoms with van der Waals surface area (Å²) in [5.41, 5.74) is 10.7. The molecule has 0 aliphatic rings. The van der Waals surface area contributed by atoms with Gasteiger partial charge in [-0.2, -0.15) is 0 Å². The van der Waals surface area contributed by atoms with Crippen molar-refractivity contribution in [2.75, 3.05) is 0 Å². The second-order valence-corrected chi connectivity index (χ2v) is 12.3. The lowest BCUT2D eigenvalue weighted by Gasteiger charge is -2.20. The van der Waals surface area contributed by atoms with Crippen LogP contribution in [0.25, 0.3) is 99.2 Å². The Bertz CT molecular complexity index is 2760. The summed E-state index contributed by atoms with van der Waals surface area (Å²) in [5.74, 6) is 0.858. The van der Waals surface area contributed by atoms with Crippen LogP contribution >= 0.6 is 0 Å². The Morgan fingerprint density at radius 1 is 0.292 bits per heavy atom. The van der Waals surface area contributed by atoms with Gasteiger partial charge < -0.3 is 8.83 Å². The molecule has 10 aromatic rings. The topological polar surface area (TPSA) is 26.3 Å². The molecule has 2 heterocycles. The standard InChI is InChI=1S/C46H28O2/c1-3-15-29(16-4-1)31-19-7-8-20-32(31)41-33-21-9-11-23-35(33)42(36-24-12-10-22-34(36)41)44-38-27-28-40-43(37-25-13-14-26-39(37)47-40)46(38)48-45(44)30-17-5-2-6-18-30/h1-28H. The lowest BCUT2D eigenvalue weighted by Crippen LogP contribution is -1.93. The van der Waals surface area contributed by atoms with Gasteiger partial charge in [0.05, 0.1) is 5.39 Å². The van der Waals surface area contributed by atoms with Crippen LogP contribution in [0, 0.1) is 0 Å². The number of benzene rings is 8. The molecule has 2 aromatic heterocycles. The van der Waals surface area contributed by atoms with E-state index in [0.29, 0.717) is 0 Å². The molecule has 0 saturated heterocycles. The molecular formula is C46H28O2. The molecule has 0 amide bonds. The Morgan fingerprint density at radius 3 is 1.48 bits per heavy atom. The zero-order valence-corrected chi connectivity index (χ0v) is 26.0. The fourth-order valence-electron chi connectivity index (χ4n) is 7.66. The van der Waals surface area contributed by atoms with Crippen molar-refractivity contribution in [2.24, 2.45) is 0 Å². The Kier molecular flexibility index (Phi) is 5.91. The van der Waals surface area contributed by atoms with Crippen LogP contribution in [0.5, 0.6) is 0 Å². The minimum atomic E-state index is 0.825. The third kappa shape index (κ3) is 3.93. The van der Waals surface area contributed by atoms with Crippen LogP contribution in [-0.2, 0) is 0 Å². The number of para-hydroxylation sites is 1. The summed E-state index contributed by atoms with van der Waals surface area (Å²) in [6.07, 6.45) is 0. The minimum Gasteiger partial charge on any atom is -0.456 e. The van der Waals surface area contributed by atoms with E-state index in [1.165, 1.54) is 49.4 Å². The van der Waals surface area contributed by atoms with Crippen molar-refractivity contribution in [1.82, 2.24) is 0 Å². The first-order chi connectivity index (χ1) is 23.8. The zero-order chi connectivity index (χ0) is 31.6. The first-order valence-corrected chi connectivity index (χ1v) is 16.4. The SMILES string of the molecule is c1ccc(-c2ccccc2-c2c3ccccc3c(-c3c(-c4ccccc4)oc4c3ccc3oc5ccccc5c34)c3ccccc23)cc1. The molecule has 0 aliphatic heterocycles. The zero-order valence-electron chi connectivity index (χ0n) is 26.0. The molecule has 0 spiro atoms. The molecular weight excluding hydrogens is 585 g/mol. The van der Waals surface area contributed by atoms with Crippen LogP contribution in [0.15, 0.2) is 179 Å². The third-order valence-electron chi connectivity index (χ3n) is 9.69. The van der Waals surface area contributed by atoms with Crippen molar-refractivity contribution < 1.29 is 8.83 Å². The molecule has 0 N–H and O–H groups in total. The largest absolute Gasteiger partial charge is 0.456 e. The molecule has 2 heteroatoms. The van der Waals surface area contributed by atoms with Gasteiger partial charge in [0.1, 0.15) is 22.5 Å². The monoisotopic (exact) mass is 612 g/mol. The molecule has 8 aromatic carbocycles. The summed E-state index contributed by atoms with van der Waals surface area (Å²) in [4.78, 5) is 0. The van der Waals surface area contributed by atoms with Crippen LogP contribution < -0.4 is 0 Å². The van der Waals surface area contributed by atoms with E-state index in [9.17, 15) is 0 Å². The maximum Gasteiger partial charge on any atom is 0.147 e. The number of hydrogen-bond acceptors (Lipinski definition) is 2. The van der Waals surface area contributed by atoms with Crippen molar-refractivity contribution in [2.45, 2.75) is 0 Å². The van der Waals surface area contributed by atoms with Gasteiger partial charge in [0.15, 0.2) is 0 Å². The maximum atomic E-state index is 7.05. The van der Waals surface area contributed by atoms with E-state index in [0.717, 1.165) is 49.8 Å². The molecule has 0 fully saturated rings. The Hall–Kier alpha value is -6.38. The Balaban J connectivity index is 1.38. The molecule has 0 atom stereocenters. The van der Waals surface area contributed by atoms with Crippen LogP contribution in [0.4, 0.5) is 0 Å². The van der Waals surface area contributed by atoms with E-state index in [4.69, 9.17) is 8.83 Å². The predicted octanol–water partition coefficient (Wildman–Crippen LogP) is 13.3. The van der Waals surface area contributed by atoms with Crippen molar-refractivity contribution in [3.05, 3.63) is 170 Å².